The van der Waals surface area contributed by atoms with Crippen molar-refractivity contribution in [3.8, 4) is 5.75 Å². The molecule has 0 aromatic heterocycles. The van der Waals surface area contributed by atoms with E-state index in [2.05, 4.69) is 0 Å². The zero-order valence-corrected chi connectivity index (χ0v) is 19.8. The van der Waals surface area contributed by atoms with E-state index in [0.717, 1.165) is 4.90 Å². The van der Waals surface area contributed by atoms with E-state index >= 15 is 0 Å². The second-order valence-electron chi connectivity index (χ2n) is 9.38. The van der Waals surface area contributed by atoms with E-state index in [1.165, 1.54) is 18.0 Å². The topological polar surface area (TPSA) is 95.0 Å². The summed E-state index contributed by atoms with van der Waals surface area (Å²) in [5.41, 5.74) is 1.05. The van der Waals surface area contributed by atoms with Crippen LogP contribution in [0, 0.1) is 17.8 Å². The molecule has 174 valence electrons. The number of allylic oxidation sites excluding steroid dienone is 2. The van der Waals surface area contributed by atoms with Crippen molar-refractivity contribution in [2.24, 2.45) is 17.8 Å². The van der Waals surface area contributed by atoms with Gasteiger partial charge in [-0.2, -0.15) is 0 Å². The van der Waals surface area contributed by atoms with Crippen LogP contribution in [0.25, 0.3) is 0 Å². The van der Waals surface area contributed by atoms with Crippen molar-refractivity contribution in [3.63, 3.8) is 0 Å². The first kappa shape index (κ1) is 22.4. The molecule has 3 fully saturated rings. The highest BCUT2D eigenvalue weighted by Crippen LogP contribution is 2.65. The van der Waals surface area contributed by atoms with Gasteiger partial charge < -0.3 is 5.11 Å². The highest BCUT2D eigenvalue weighted by atomic mass is 35.5. The fourth-order valence-electron chi connectivity index (χ4n) is 6.33. The van der Waals surface area contributed by atoms with Gasteiger partial charge in [0.1, 0.15) is 5.75 Å². The molecule has 1 saturated carbocycles. The van der Waals surface area contributed by atoms with Gasteiger partial charge in [-0.25, -0.2) is 0 Å². The van der Waals surface area contributed by atoms with E-state index in [1.54, 1.807) is 18.2 Å². The van der Waals surface area contributed by atoms with E-state index in [0.29, 0.717) is 30.5 Å². The number of hydrogen-bond donors (Lipinski definition) is 1. The van der Waals surface area contributed by atoms with E-state index in [4.69, 9.17) is 23.2 Å². The van der Waals surface area contributed by atoms with Crippen LogP contribution in [-0.4, -0.2) is 61.9 Å². The third-order valence-electron chi connectivity index (χ3n) is 7.80. The first-order chi connectivity index (χ1) is 15.6. The van der Waals surface area contributed by atoms with Crippen molar-refractivity contribution < 1.29 is 24.3 Å². The lowest BCUT2D eigenvalue weighted by Crippen LogP contribution is -2.60. The van der Waals surface area contributed by atoms with Gasteiger partial charge in [-0.05, 0) is 31.2 Å². The maximum Gasteiger partial charge on any atom is 0.253 e. The largest absolute Gasteiger partial charge is 0.508 e. The molecule has 2 saturated heterocycles. The molecule has 9 heteroatoms. The molecule has 1 aromatic carbocycles. The number of amides is 4. The van der Waals surface area contributed by atoms with Gasteiger partial charge in [-0.15, -0.1) is 23.2 Å². The summed E-state index contributed by atoms with van der Waals surface area (Å²) >= 11 is 14.1. The normalized spacial score (nSPS) is 37.8. The Balaban J connectivity index is 1.72. The Morgan fingerprint density at radius 2 is 1.76 bits per heavy atom. The molecule has 1 aromatic rings. The molecule has 1 N–H and O–H groups in total. The monoisotopic (exact) mass is 490 g/mol. The first-order valence-electron chi connectivity index (χ1n) is 11.1. The number of benzene rings is 1. The molecule has 7 nitrogen and oxygen atoms in total. The molecule has 2 aliphatic heterocycles. The number of hydrogen-bond acceptors (Lipinski definition) is 5. The SMILES string of the molecule is CCCN1C(=O)C2CC=C3C(CC4(Cl)C(=O)N(C)C(=O)C4(Cl)C3c3ccccc3O)C2C1=O. The Morgan fingerprint density at radius 3 is 2.42 bits per heavy atom. The summed E-state index contributed by atoms with van der Waals surface area (Å²) < 4.78 is 0. The maximum absolute atomic E-state index is 13.4. The molecule has 33 heavy (non-hydrogen) atoms. The molecular weight excluding hydrogens is 467 g/mol. The fourth-order valence-corrected chi connectivity index (χ4v) is 7.34. The van der Waals surface area contributed by atoms with Crippen LogP contribution in [0.3, 0.4) is 0 Å². The summed E-state index contributed by atoms with van der Waals surface area (Å²) in [6.07, 6.45) is 2.79. The minimum atomic E-state index is -1.87. The first-order valence-corrected chi connectivity index (χ1v) is 11.9. The average molecular weight is 491 g/mol. The van der Waals surface area contributed by atoms with Crippen LogP contribution >= 0.6 is 23.2 Å². The number of fused-ring (bicyclic) bond motifs is 4. The second kappa shape index (κ2) is 7.31. The lowest BCUT2D eigenvalue weighted by molar-refractivity contribution is -0.141. The zero-order valence-electron chi connectivity index (χ0n) is 18.3. The van der Waals surface area contributed by atoms with Crippen molar-refractivity contribution >= 4 is 46.8 Å². The predicted molar refractivity (Wildman–Crippen MR) is 121 cm³/mol. The quantitative estimate of drug-likeness (QED) is 0.399. The Kier molecular flexibility index (Phi) is 4.96. The highest BCUT2D eigenvalue weighted by Gasteiger charge is 2.76. The van der Waals surface area contributed by atoms with E-state index in [-0.39, 0.29) is 24.0 Å². The molecule has 2 aliphatic carbocycles. The van der Waals surface area contributed by atoms with Crippen LogP contribution in [0.15, 0.2) is 35.9 Å². The van der Waals surface area contributed by atoms with Crippen molar-refractivity contribution in [1.29, 1.82) is 0 Å². The van der Waals surface area contributed by atoms with Crippen LogP contribution in [-0.2, 0) is 19.2 Å². The number of imide groups is 2. The minimum absolute atomic E-state index is 0.0386. The minimum Gasteiger partial charge on any atom is -0.508 e. The van der Waals surface area contributed by atoms with Gasteiger partial charge in [0.15, 0.2) is 9.75 Å². The summed E-state index contributed by atoms with van der Waals surface area (Å²) in [5, 5.41) is 10.7. The van der Waals surface area contributed by atoms with Crippen LogP contribution in [0.4, 0.5) is 0 Å². The number of aromatic hydroxyl groups is 1. The summed E-state index contributed by atoms with van der Waals surface area (Å²) in [5.74, 6) is -4.53. The van der Waals surface area contributed by atoms with E-state index < -0.39 is 45.2 Å². The Hall–Kier alpha value is -2.38. The number of para-hydroxylation sites is 1. The lowest BCUT2D eigenvalue weighted by Gasteiger charge is -2.50. The molecule has 2 heterocycles. The van der Waals surface area contributed by atoms with Gasteiger partial charge in [0.25, 0.3) is 11.8 Å². The molecule has 0 bridgehead atoms. The van der Waals surface area contributed by atoms with Crippen molar-refractivity contribution in [2.75, 3.05) is 13.6 Å². The van der Waals surface area contributed by atoms with Gasteiger partial charge in [-0.3, -0.25) is 29.0 Å². The molecule has 0 spiro atoms. The Labute approximate surface area is 201 Å². The lowest BCUT2D eigenvalue weighted by atomic mass is 9.56. The fraction of sp³-hybridized carbons (Fsp3) is 0.500. The number of carbonyl (C=O) groups is 4. The third kappa shape index (κ3) is 2.63. The van der Waals surface area contributed by atoms with Gasteiger partial charge in [0, 0.05) is 25.1 Å². The molecule has 0 radical (unpaired) electrons. The van der Waals surface area contributed by atoms with Crippen LogP contribution in [0.2, 0.25) is 0 Å². The van der Waals surface area contributed by atoms with Crippen molar-refractivity contribution in [2.45, 2.75) is 41.9 Å². The van der Waals surface area contributed by atoms with Gasteiger partial charge >= 0.3 is 0 Å². The molecule has 5 rings (SSSR count). The number of likely N-dealkylation sites (tertiary alicyclic amines) is 2. The number of phenols is 1. The summed E-state index contributed by atoms with van der Waals surface area (Å²) in [6.45, 7) is 2.23. The second-order valence-corrected chi connectivity index (χ2v) is 10.6. The molecule has 4 aliphatic rings. The molecule has 6 unspecified atom stereocenters. The van der Waals surface area contributed by atoms with Gasteiger partial charge in [-0.1, -0.05) is 36.8 Å². The number of phenolic OH excluding ortho intramolecular Hbond substituents is 1. The Bertz CT molecular complexity index is 1140. The molecule has 6 atom stereocenters. The van der Waals surface area contributed by atoms with Crippen molar-refractivity contribution in [1.82, 2.24) is 9.80 Å². The summed E-state index contributed by atoms with van der Waals surface area (Å²) in [4.78, 5) is 51.6. The van der Waals surface area contributed by atoms with E-state index in [1.807, 2.05) is 13.0 Å². The van der Waals surface area contributed by atoms with Crippen LogP contribution in [0.1, 0.15) is 37.7 Å². The molecule has 4 amide bonds. The summed E-state index contributed by atoms with van der Waals surface area (Å²) in [6, 6.07) is 6.49. The number of halogens is 2. The Morgan fingerprint density at radius 1 is 1.06 bits per heavy atom. The highest BCUT2D eigenvalue weighted by molar-refractivity contribution is 6.53. The number of carbonyl (C=O) groups excluding carboxylic acids is 4. The number of nitrogens with zero attached hydrogens (tertiary/aromatic N) is 2. The van der Waals surface area contributed by atoms with E-state index in [9.17, 15) is 24.3 Å². The predicted octanol–water partition coefficient (Wildman–Crippen LogP) is 2.79. The smallest absolute Gasteiger partial charge is 0.253 e. The van der Waals surface area contributed by atoms with Crippen LogP contribution in [0.5, 0.6) is 5.75 Å². The van der Waals surface area contributed by atoms with Crippen LogP contribution < -0.4 is 0 Å². The van der Waals surface area contributed by atoms with Crippen molar-refractivity contribution in [3.05, 3.63) is 41.5 Å². The summed E-state index contributed by atoms with van der Waals surface area (Å²) in [7, 11) is 1.34. The number of alkyl halides is 2. The number of rotatable bonds is 3. The van der Waals surface area contributed by atoms with Gasteiger partial charge in [0.2, 0.25) is 11.8 Å². The maximum atomic E-state index is 13.4. The van der Waals surface area contributed by atoms with Gasteiger partial charge in [0.05, 0.1) is 11.8 Å². The standard InChI is InChI=1S/C24H24Cl2N2O5/c1-3-10-28-19(30)14-9-8-12-15(17(14)20(28)31)11-23(25)21(32)27(2)22(33)24(23,26)18(12)13-6-4-5-7-16(13)29/h4-8,14-15,17-18,29H,3,9-11H2,1-2H3. The molecular formula is C24H24Cl2N2O5. The zero-order chi connectivity index (χ0) is 23.9. The third-order valence-corrected chi connectivity index (χ3v) is 9.21. The average Bonchev–Trinajstić information content (AvgIpc) is 3.10.